The largest absolute Gasteiger partial charge is 0.508 e. The smallest absolute Gasteiger partial charge is 0.416 e. The van der Waals surface area contributed by atoms with E-state index in [1.54, 1.807) is 19.1 Å². The Balaban J connectivity index is 2.23. The standard InChI is InChI=1S/C19H19F3O3/c1-2-25-18(24)12-15(11-13-3-9-17(23)10-4-13)14-5-7-16(8-6-14)19(20,21)22/h3-10,15,23H,2,11-12H2,1H3. The van der Waals surface area contributed by atoms with E-state index in [0.29, 0.717) is 12.0 Å². The van der Waals surface area contributed by atoms with Gasteiger partial charge in [0.25, 0.3) is 0 Å². The number of hydrogen-bond acceptors (Lipinski definition) is 3. The summed E-state index contributed by atoms with van der Waals surface area (Å²) < 4.78 is 43.1. The van der Waals surface area contributed by atoms with E-state index < -0.39 is 17.7 Å². The van der Waals surface area contributed by atoms with E-state index in [9.17, 15) is 23.1 Å². The van der Waals surface area contributed by atoms with E-state index in [2.05, 4.69) is 0 Å². The number of esters is 1. The van der Waals surface area contributed by atoms with Crippen LogP contribution in [0.25, 0.3) is 0 Å². The van der Waals surface area contributed by atoms with Crippen molar-refractivity contribution in [2.75, 3.05) is 6.61 Å². The van der Waals surface area contributed by atoms with E-state index >= 15 is 0 Å². The SMILES string of the molecule is CCOC(=O)CC(Cc1ccc(O)cc1)c1ccc(C(F)(F)F)cc1. The van der Waals surface area contributed by atoms with Gasteiger partial charge in [-0.15, -0.1) is 0 Å². The van der Waals surface area contributed by atoms with E-state index in [1.807, 2.05) is 0 Å². The molecule has 0 aliphatic rings. The first-order valence-electron chi connectivity index (χ1n) is 7.90. The summed E-state index contributed by atoms with van der Waals surface area (Å²) in [5.74, 6) is -0.586. The number of phenols is 1. The predicted octanol–water partition coefficient (Wildman–Crippen LogP) is 4.69. The fraction of sp³-hybridized carbons (Fsp3) is 0.316. The molecular formula is C19H19F3O3. The average Bonchev–Trinajstić information content (AvgIpc) is 2.56. The van der Waals surface area contributed by atoms with Crippen molar-refractivity contribution in [1.82, 2.24) is 0 Å². The third-order valence-corrected chi connectivity index (χ3v) is 3.85. The maximum absolute atomic E-state index is 12.7. The second kappa shape index (κ2) is 8.05. The van der Waals surface area contributed by atoms with Crippen molar-refractivity contribution in [3.05, 3.63) is 65.2 Å². The van der Waals surface area contributed by atoms with Crippen LogP contribution in [-0.2, 0) is 22.1 Å². The van der Waals surface area contributed by atoms with E-state index in [-0.39, 0.29) is 24.7 Å². The molecule has 2 rings (SSSR count). The number of carbonyl (C=O) groups excluding carboxylic acids is 1. The third kappa shape index (κ3) is 5.52. The Bertz CT molecular complexity index is 691. The van der Waals surface area contributed by atoms with Crippen LogP contribution in [0.15, 0.2) is 48.5 Å². The number of aromatic hydroxyl groups is 1. The molecule has 0 aliphatic carbocycles. The van der Waals surface area contributed by atoms with Crippen molar-refractivity contribution >= 4 is 5.97 Å². The maximum Gasteiger partial charge on any atom is 0.416 e. The number of carbonyl (C=O) groups is 1. The van der Waals surface area contributed by atoms with Gasteiger partial charge in [0.15, 0.2) is 0 Å². The summed E-state index contributed by atoms with van der Waals surface area (Å²) in [6.45, 7) is 1.95. The summed E-state index contributed by atoms with van der Waals surface area (Å²) >= 11 is 0. The minimum absolute atomic E-state index is 0.0695. The highest BCUT2D eigenvalue weighted by atomic mass is 19.4. The molecule has 0 aliphatic heterocycles. The van der Waals surface area contributed by atoms with Crippen LogP contribution in [0.4, 0.5) is 13.2 Å². The minimum Gasteiger partial charge on any atom is -0.508 e. The lowest BCUT2D eigenvalue weighted by molar-refractivity contribution is -0.143. The molecule has 0 radical (unpaired) electrons. The van der Waals surface area contributed by atoms with Gasteiger partial charge in [-0.25, -0.2) is 0 Å². The zero-order valence-corrected chi connectivity index (χ0v) is 13.7. The summed E-state index contributed by atoms with van der Waals surface area (Å²) in [5, 5.41) is 9.35. The molecule has 6 heteroatoms. The molecule has 134 valence electrons. The van der Waals surface area contributed by atoms with E-state index in [1.165, 1.54) is 24.3 Å². The van der Waals surface area contributed by atoms with Crippen LogP contribution < -0.4 is 0 Å². The van der Waals surface area contributed by atoms with Crippen molar-refractivity contribution in [2.24, 2.45) is 0 Å². The van der Waals surface area contributed by atoms with Gasteiger partial charge in [0, 0.05) is 0 Å². The van der Waals surface area contributed by atoms with E-state index in [0.717, 1.165) is 17.7 Å². The van der Waals surface area contributed by atoms with Crippen LogP contribution in [0.1, 0.15) is 36.0 Å². The highest BCUT2D eigenvalue weighted by Gasteiger charge is 2.30. The highest BCUT2D eigenvalue weighted by Crippen LogP contribution is 2.32. The molecule has 0 saturated heterocycles. The summed E-state index contributed by atoms with van der Waals surface area (Å²) in [7, 11) is 0. The van der Waals surface area contributed by atoms with E-state index in [4.69, 9.17) is 4.74 Å². The number of benzene rings is 2. The maximum atomic E-state index is 12.7. The summed E-state index contributed by atoms with van der Waals surface area (Å²) in [6.07, 6.45) is -3.88. The van der Waals surface area contributed by atoms with Crippen molar-refractivity contribution in [3.63, 3.8) is 0 Å². The molecule has 2 aromatic carbocycles. The number of alkyl halides is 3. The van der Waals surface area contributed by atoms with Gasteiger partial charge in [0.05, 0.1) is 18.6 Å². The minimum atomic E-state index is -4.40. The molecule has 0 aromatic heterocycles. The monoisotopic (exact) mass is 352 g/mol. The van der Waals surface area contributed by atoms with Crippen LogP contribution in [0.5, 0.6) is 5.75 Å². The second-order valence-electron chi connectivity index (χ2n) is 5.70. The average molecular weight is 352 g/mol. The van der Waals surface area contributed by atoms with Gasteiger partial charge in [-0.1, -0.05) is 24.3 Å². The molecule has 0 saturated carbocycles. The second-order valence-corrected chi connectivity index (χ2v) is 5.70. The van der Waals surface area contributed by atoms with Crippen molar-refractivity contribution in [2.45, 2.75) is 31.9 Å². The van der Waals surface area contributed by atoms with Gasteiger partial charge < -0.3 is 9.84 Å². The van der Waals surface area contributed by atoms with Gasteiger partial charge in [0.1, 0.15) is 5.75 Å². The van der Waals surface area contributed by atoms with Crippen molar-refractivity contribution in [1.29, 1.82) is 0 Å². The quantitative estimate of drug-likeness (QED) is 0.767. The number of rotatable bonds is 6. The fourth-order valence-corrected chi connectivity index (χ4v) is 2.59. The Kier molecular flexibility index (Phi) is 6.07. The van der Waals surface area contributed by atoms with Crippen LogP contribution in [0.2, 0.25) is 0 Å². The molecule has 1 atom stereocenters. The van der Waals surface area contributed by atoms with Gasteiger partial charge in [-0.3, -0.25) is 4.79 Å². The van der Waals surface area contributed by atoms with Crippen LogP contribution >= 0.6 is 0 Å². The molecule has 1 N–H and O–H groups in total. The van der Waals surface area contributed by atoms with Crippen LogP contribution in [0, 0.1) is 0 Å². The zero-order valence-electron chi connectivity index (χ0n) is 13.7. The number of halogens is 3. The molecule has 1 unspecified atom stereocenters. The number of hydrogen-bond donors (Lipinski definition) is 1. The van der Waals surface area contributed by atoms with Gasteiger partial charge in [0.2, 0.25) is 0 Å². The number of phenolic OH excluding ortho intramolecular Hbond substituents is 1. The van der Waals surface area contributed by atoms with Crippen LogP contribution in [-0.4, -0.2) is 17.7 Å². The molecule has 0 heterocycles. The molecule has 0 spiro atoms. The molecule has 0 amide bonds. The predicted molar refractivity (Wildman–Crippen MR) is 87.2 cm³/mol. The zero-order chi connectivity index (χ0) is 18.4. The first-order chi connectivity index (χ1) is 11.8. The topological polar surface area (TPSA) is 46.5 Å². The Hall–Kier alpha value is -2.50. The molecule has 3 nitrogen and oxygen atoms in total. The highest BCUT2D eigenvalue weighted by molar-refractivity contribution is 5.70. The lowest BCUT2D eigenvalue weighted by atomic mass is 9.88. The first kappa shape index (κ1) is 18.8. The molecular weight excluding hydrogens is 333 g/mol. The van der Waals surface area contributed by atoms with Gasteiger partial charge in [-0.05, 0) is 54.7 Å². The van der Waals surface area contributed by atoms with Crippen LogP contribution in [0.3, 0.4) is 0 Å². The Morgan fingerprint density at radius 3 is 2.20 bits per heavy atom. The Morgan fingerprint density at radius 2 is 1.68 bits per heavy atom. The summed E-state index contributed by atoms with van der Waals surface area (Å²) in [4.78, 5) is 11.9. The Morgan fingerprint density at radius 1 is 1.08 bits per heavy atom. The molecule has 2 aromatic rings. The van der Waals surface area contributed by atoms with Gasteiger partial charge >= 0.3 is 12.1 Å². The fourth-order valence-electron chi connectivity index (χ4n) is 2.59. The lowest BCUT2D eigenvalue weighted by Gasteiger charge is -2.18. The lowest BCUT2D eigenvalue weighted by Crippen LogP contribution is -2.13. The normalized spacial score (nSPS) is 12.6. The summed E-state index contributed by atoms with van der Waals surface area (Å²) in [5.41, 5.74) is 0.775. The van der Waals surface area contributed by atoms with Crippen molar-refractivity contribution in [3.8, 4) is 5.75 Å². The number of ether oxygens (including phenoxy) is 1. The van der Waals surface area contributed by atoms with Crippen molar-refractivity contribution < 1.29 is 27.8 Å². The Labute approximate surface area is 144 Å². The van der Waals surface area contributed by atoms with Gasteiger partial charge in [-0.2, -0.15) is 13.2 Å². The summed E-state index contributed by atoms with van der Waals surface area (Å²) in [6, 6.07) is 11.3. The molecule has 0 fully saturated rings. The third-order valence-electron chi connectivity index (χ3n) is 3.85. The molecule has 25 heavy (non-hydrogen) atoms. The first-order valence-corrected chi connectivity index (χ1v) is 7.90. The molecule has 0 bridgehead atoms.